The topological polar surface area (TPSA) is 459 Å². The monoisotopic (exact) mass is 1220 g/mol. The molecule has 3 saturated heterocycles. The molecule has 0 unspecified atom stereocenters. The summed E-state index contributed by atoms with van der Waals surface area (Å²) in [5.41, 5.74) is 29.0. The summed E-state index contributed by atoms with van der Waals surface area (Å²) in [6.07, 6.45) is 3.41. The molecule has 2 aromatic rings. The molecule has 0 radical (unpaired) electrons. The largest absolute Gasteiger partial charge is 0.480 e. The van der Waals surface area contributed by atoms with Gasteiger partial charge in [0.25, 0.3) is 0 Å². The molecule has 5 heterocycles. The van der Waals surface area contributed by atoms with Crippen molar-refractivity contribution in [1.82, 2.24) is 46.2 Å². The number of aliphatic hydroxyl groups is 2. The molecule has 1 aromatic carbocycles. The van der Waals surface area contributed by atoms with Crippen LogP contribution in [0.15, 0.2) is 51.8 Å². The molecule has 5 aliphatic rings. The molecule has 9 amide bonds. The number of aliphatic hydroxyl groups excluding tert-OH is 2. The van der Waals surface area contributed by atoms with Crippen molar-refractivity contribution >= 4 is 82.4 Å². The van der Waals surface area contributed by atoms with E-state index in [1.807, 2.05) is 6.07 Å². The Bertz CT molecular complexity index is 2850. The molecule has 4 aliphatic heterocycles. The number of fused-ring (bicyclic) bond motifs is 2. The van der Waals surface area contributed by atoms with Crippen molar-refractivity contribution in [2.45, 2.75) is 170 Å². The normalized spacial score (nSPS) is 23.2. The van der Waals surface area contributed by atoms with Crippen molar-refractivity contribution in [3.63, 3.8) is 0 Å². The van der Waals surface area contributed by atoms with Gasteiger partial charge in [0, 0.05) is 62.9 Å². The van der Waals surface area contributed by atoms with Gasteiger partial charge in [-0.1, -0.05) is 43.2 Å². The van der Waals surface area contributed by atoms with Crippen LogP contribution in [0.3, 0.4) is 0 Å². The third-order valence-corrected chi connectivity index (χ3v) is 17.5. The maximum atomic E-state index is 15.3. The third-order valence-electron chi connectivity index (χ3n) is 16.6. The molecule has 0 spiro atoms. The molecule has 12 atom stereocenters. The predicted octanol–water partition coefficient (Wildman–Crippen LogP) is -4.06. The Labute approximate surface area is 501 Å². The average molecular weight is 1220 g/mol. The molecular weight excluding hydrogens is 1140 g/mol. The Morgan fingerprint density at radius 3 is 2.07 bits per heavy atom. The van der Waals surface area contributed by atoms with E-state index in [9.17, 15) is 58.5 Å². The van der Waals surface area contributed by atoms with E-state index >= 15 is 4.79 Å². The first-order chi connectivity index (χ1) is 41.1. The quantitative estimate of drug-likeness (QED) is 0.0242. The number of carbonyl (C=O) groups is 10. The van der Waals surface area contributed by atoms with E-state index < -0.39 is 133 Å². The summed E-state index contributed by atoms with van der Waals surface area (Å²) in [7, 11) is 0. The van der Waals surface area contributed by atoms with Gasteiger partial charge in [-0.3, -0.25) is 53.1 Å². The van der Waals surface area contributed by atoms with E-state index in [4.69, 9.17) is 28.7 Å². The maximum absolute atomic E-state index is 15.3. The maximum Gasteiger partial charge on any atom is 0.326 e. The van der Waals surface area contributed by atoms with Gasteiger partial charge in [-0.2, -0.15) is 0 Å². The van der Waals surface area contributed by atoms with Crippen LogP contribution in [-0.2, 0) is 67.3 Å². The van der Waals surface area contributed by atoms with Gasteiger partial charge < -0.3 is 90.2 Å². The summed E-state index contributed by atoms with van der Waals surface area (Å²) < 4.78 is 0. The molecule has 30 heteroatoms. The van der Waals surface area contributed by atoms with Crippen LogP contribution in [0.1, 0.15) is 100.0 Å². The van der Waals surface area contributed by atoms with Crippen LogP contribution in [0.5, 0.6) is 0 Å². The number of likely N-dealkylation sites (tertiary alicyclic amines) is 3. The Kier molecular flexibility index (Phi) is 23.2. The van der Waals surface area contributed by atoms with Crippen LogP contribution in [0.25, 0.3) is 0 Å². The first kappa shape index (κ1) is 65.6. The molecule has 4 fully saturated rings. The van der Waals surface area contributed by atoms with E-state index in [-0.39, 0.29) is 108 Å². The van der Waals surface area contributed by atoms with E-state index in [1.165, 1.54) is 33.0 Å². The van der Waals surface area contributed by atoms with Crippen molar-refractivity contribution in [3.05, 3.63) is 57.8 Å². The number of guanidine groups is 2. The highest BCUT2D eigenvalue weighted by atomic mass is 32.1. The number of carbonyl (C=O) groups excluding carboxylic acids is 9. The van der Waals surface area contributed by atoms with Gasteiger partial charge in [-0.25, -0.2) is 4.79 Å². The number of nitrogens with zero attached hydrogens (tertiary/aromatic N) is 6. The lowest BCUT2D eigenvalue weighted by Gasteiger charge is -2.42. The number of carboxylic acids is 1. The number of hydrogen-bond acceptors (Lipinski definition) is 16. The second-order valence-corrected chi connectivity index (χ2v) is 23.7. The van der Waals surface area contributed by atoms with Crippen LogP contribution in [0, 0.1) is 5.92 Å². The molecule has 1 aliphatic carbocycles. The number of hydrogen-bond donors (Lipinski definition) is 13. The summed E-state index contributed by atoms with van der Waals surface area (Å²) >= 11 is 1.28. The fourth-order valence-corrected chi connectivity index (χ4v) is 13.0. The molecule has 18 N–H and O–H groups in total. The Morgan fingerprint density at radius 2 is 1.40 bits per heavy atom. The number of thiophene rings is 1. The fourth-order valence-electron chi connectivity index (χ4n) is 12.3. The molecule has 7 rings (SSSR count). The zero-order valence-electron chi connectivity index (χ0n) is 48.2. The first-order valence-corrected chi connectivity index (χ1v) is 30.1. The summed E-state index contributed by atoms with van der Waals surface area (Å²) in [5.74, 6) is -7.93. The van der Waals surface area contributed by atoms with Gasteiger partial charge in [0.15, 0.2) is 11.9 Å². The zero-order chi connectivity index (χ0) is 62.4. The highest BCUT2D eigenvalue weighted by molar-refractivity contribution is 7.09. The zero-order valence-corrected chi connectivity index (χ0v) is 49.0. The second-order valence-electron chi connectivity index (χ2n) is 22.6. The average Bonchev–Trinajstić information content (AvgIpc) is 1.73. The van der Waals surface area contributed by atoms with Gasteiger partial charge in [0.05, 0.1) is 25.3 Å². The Morgan fingerprint density at radius 1 is 0.698 bits per heavy atom. The molecular formula is C56H82N16O13S. The molecule has 1 aromatic heterocycles. The number of rotatable bonds is 26. The van der Waals surface area contributed by atoms with Crippen molar-refractivity contribution < 1.29 is 63.3 Å². The van der Waals surface area contributed by atoms with Gasteiger partial charge in [-0.05, 0) is 93.2 Å². The predicted molar refractivity (Wildman–Crippen MR) is 313 cm³/mol. The van der Waals surface area contributed by atoms with Crippen LogP contribution in [0.4, 0.5) is 0 Å². The molecule has 1 saturated carbocycles. The van der Waals surface area contributed by atoms with Gasteiger partial charge in [0.2, 0.25) is 53.2 Å². The summed E-state index contributed by atoms with van der Waals surface area (Å²) in [6, 6.07) is -0.696. The highest BCUT2D eigenvalue weighted by Crippen LogP contribution is 2.41. The minimum Gasteiger partial charge on any atom is -0.480 e. The number of amides is 9. The lowest BCUT2D eigenvalue weighted by molar-refractivity contribution is -0.153. The minimum atomic E-state index is -1.65. The fraction of sp³-hybridized carbons (Fsp3) is 0.607. The van der Waals surface area contributed by atoms with E-state index in [1.54, 1.807) is 35.7 Å². The van der Waals surface area contributed by atoms with Crippen LogP contribution >= 0.6 is 11.3 Å². The number of benzene rings is 1. The van der Waals surface area contributed by atoms with E-state index in [0.717, 1.165) is 29.7 Å². The second kappa shape index (κ2) is 30.4. The Hall–Kier alpha value is -7.96. The van der Waals surface area contributed by atoms with Crippen molar-refractivity contribution in [2.75, 3.05) is 39.3 Å². The number of carboxylic acid groups (broad SMARTS) is 1. The van der Waals surface area contributed by atoms with Crippen molar-refractivity contribution in [2.24, 2.45) is 44.6 Å². The number of nitrogens with one attached hydrogen (secondary N) is 5. The summed E-state index contributed by atoms with van der Waals surface area (Å²) in [6.45, 7) is 0.0542. The van der Waals surface area contributed by atoms with E-state index in [2.05, 4.69) is 36.6 Å². The van der Waals surface area contributed by atoms with Crippen molar-refractivity contribution in [3.8, 4) is 0 Å². The number of aliphatic imine (C=N–C) groups is 2. The van der Waals surface area contributed by atoms with Crippen LogP contribution in [-0.4, -0.2) is 212 Å². The molecule has 470 valence electrons. The lowest BCUT2D eigenvalue weighted by Crippen LogP contribution is -2.63. The molecule has 29 nitrogen and oxygen atoms in total. The smallest absolute Gasteiger partial charge is 0.326 e. The third kappa shape index (κ3) is 16.7. The van der Waals surface area contributed by atoms with Gasteiger partial charge in [0.1, 0.15) is 48.3 Å². The lowest BCUT2D eigenvalue weighted by atomic mass is 9.84. The van der Waals surface area contributed by atoms with Crippen molar-refractivity contribution in [1.29, 1.82) is 0 Å². The standard InChI is InChI=1S/C56H82N16O13S/c1-30(65-46(76)36(57)14-6-18-62-55(58)59)50(80)69-20-8-17-41(69)52(82)71-28-34(74)24-42(71)48(78)64-26-45(75)66-38(25-35-13-9-21-86-35)47(77)68-39(29-73)51(81)70-27-33-12-3-2-10-31(33)22-44(70)53(83)72-40-16-5-4-11-32(40)23-43(72)49(79)67-37(54(84)85)15-7-19-63-56(60)61/h2-3,9-10,12-13,21,30,32,34,36-44,73-74H,4-8,11,14-20,22-29,57H2,1H3,(H,64,78)(H,65,76)(H,66,75)(H,67,79)(H,68,77)(H,84,85)(H4,58,59,62)(H4,60,61,63)/t30-,32-,34-,36+,37-,38-,39-,40-,41-,42-,43-,44+/m0/s1. The number of nitrogens with two attached hydrogens (primary N) is 5. The minimum absolute atomic E-state index is 0.00603. The summed E-state index contributed by atoms with van der Waals surface area (Å²) in [5, 5.41) is 46.4. The van der Waals surface area contributed by atoms with Crippen LogP contribution < -0.4 is 55.3 Å². The number of aliphatic carboxylic acids is 1. The van der Waals surface area contributed by atoms with Gasteiger partial charge >= 0.3 is 5.97 Å². The highest BCUT2D eigenvalue weighted by Gasteiger charge is 2.52. The Balaban J connectivity index is 1.01. The van der Waals surface area contributed by atoms with Crippen LogP contribution in [0.2, 0.25) is 0 Å². The first-order valence-electron chi connectivity index (χ1n) is 29.3. The summed E-state index contributed by atoms with van der Waals surface area (Å²) in [4.78, 5) is 153. The van der Waals surface area contributed by atoms with E-state index in [0.29, 0.717) is 29.7 Å². The molecule has 0 bridgehead atoms. The van der Waals surface area contributed by atoms with Gasteiger partial charge in [-0.15, -0.1) is 11.3 Å². The molecule has 86 heavy (non-hydrogen) atoms. The number of β-amino-alcohol motifs (C(OH)–C–C–N with tert-alkyl or cyclic N) is 1. The SMILES string of the molecule is C[C@H](NC(=O)[C@H](N)CCCN=C(N)N)C(=O)N1CCC[C@H]1C(=O)N1C[C@@H](O)C[C@H]1C(=O)NCC(=O)N[C@@H](Cc1cccs1)C(=O)N[C@@H](CO)C(=O)N1Cc2ccccc2C[C@@H]1C(=O)N1[C@H](C(=O)N[C@@H](CCCN=C(N)N)C(=O)O)C[C@@H]2CCCC[C@@H]21.